The molecule has 0 aliphatic carbocycles. The van der Waals surface area contributed by atoms with E-state index in [0.29, 0.717) is 29.6 Å². The van der Waals surface area contributed by atoms with E-state index in [1.54, 1.807) is 29.2 Å². The van der Waals surface area contributed by atoms with Gasteiger partial charge in [0.15, 0.2) is 0 Å². The first-order valence-electron chi connectivity index (χ1n) is 12.1. The van der Waals surface area contributed by atoms with E-state index in [9.17, 15) is 14.4 Å². The van der Waals surface area contributed by atoms with Gasteiger partial charge in [0.05, 0.1) is 29.4 Å². The average molecular weight is 493 g/mol. The second-order valence-corrected chi connectivity index (χ2v) is 9.25. The van der Waals surface area contributed by atoms with Crippen LogP contribution in [0.1, 0.15) is 34.2 Å². The number of hydrogen-bond acceptors (Lipinski definition) is 6. The first kappa shape index (κ1) is 22.8. The molecule has 1 atom stereocenters. The van der Waals surface area contributed by atoms with Crippen LogP contribution in [0, 0.1) is 6.92 Å². The monoisotopic (exact) mass is 492 g/mol. The second kappa shape index (κ2) is 8.81. The molecule has 6 rings (SSSR count). The molecule has 4 aromatic rings. The Labute approximate surface area is 212 Å². The predicted molar refractivity (Wildman–Crippen MR) is 140 cm³/mol. The van der Waals surface area contributed by atoms with E-state index in [-0.39, 0.29) is 18.2 Å². The Bertz CT molecular complexity index is 1670. The van der Waals surface area contributed by atoms with Crippen LogP contribution in [0.25, 0.3) is 10.9 Å². The summed E-state index contributed by atoms with van der Waals surface area (Å²) in [6, 6.07) is 20.7. The Morgan fingerprint density at radius 1 is 1.05 bits per heavy atom. The van der Waals surface area contributed by atoms with Crippen molar-refractivity contribution < 1.29 is 14.3 Å². The van der Waals surface area contributed by atoms with Crippen molar-refractivity contribution in [2.75, 3.05) is 18.6 Å². The third kappa shape index (κ3) is 3.72. The van der Waals surface area contributed by atoms with E-state index in [1.165, 1.54) is 11.7 Å². The lowest BCUT2D eigenvalue weighted by atomic mass is 9.96. The molecular weight excluding hydrogens is 468 g/mol. The van der Waals surface area contributed by atoms with Gasteiger partial charge in [0.2, 0.25) is 6.17 Å². The second-order valence-electron chi connectivity index (χ2n) is 9.25. The van der Waals surface area contributed by atoms with Gasteiger partial charge in [-0.15, -0.1) is 0 Å². The molecule has 3 aromatic carbocycles. The average Bonchev–Trinajstić information content (AvgIpc) is 3.29. The van der Waals surface area contributed by atoms with Crippen LogP contribution in [-0.4, -0.2) is 40.8 Å². The maximum atomic E-state index is 14.1. The number of carbonyl (C=O) groups is 2. The minimum absolute atomic E-state index is 0.131. The van der Waals surface area contributed by atoms with Crippen LogP contribution < -0.4 is 10.5 Å². The SMILES string of the molecule is COC(=O)Cc1nc2ccccc2c(=O)n1C1N=C(c2ccccc2)c2cc(C)cc3c2N(CC3)C1=O. The zero-order chi connectivity index (χ0) is 25.7. The van der Waals surface area contributed by atoms with Crippen molar-refractivity contribution in [2.24, 2.45) is 4.99 Å². The Kier molecular flexibility index (Phi) is 5.44. The fourth-order valence-corrected chi connectivity index (χ4v) is 5.26. The zero-order valence-electron chi connectivity index (χ0n) is 20.5. The van der Waals surface area contributed by atoms with E-state index in [4.69, 9.17) is 9.73 Å². The lowest BCUT2D eigenvalue weighted by Gasteiger charge is -2.23. The van der Waals surface area contributed by atoms with Gasteiger partial charge in [0.25, 0.3) is 11.5 Å². The Morgan fingerprint density at radius 3 is 2.59 bits per heavy atom. The molecule has 37 heavy (non-hydrogen) atoms. The smallest absolute Gasteiger partial charge is 0.313 e. The zero-order valence-corrected chi connectivity index (χ0v) is 20.5. The molecule has 2 aliphatic heterocycles. The number of fused-ring (bicyclic) bond motifs is 1. The number of anilines is 1. The number of nitrogens with zero attached hydrogens (tertiary/aromatic N) is 4. The maximum Gasteiger partial charge on any atom is 0.313 e. The quantitative estimate of drug-likeness (QED) is 0.407. The standard InChI is InChI=1S/C29H24N4O4/c1-17-14-19-12-13-32-26(19)21(15-17)25(18-8-4-3-5-9-18)31-27(29(32)36)33-23(16-24(34)37-2)30-22-11-7-6-10-20(22)28(33)35/h3-11,14-15,27H,12-13,16H2,1-2H3. The number of esters is 1. The number of para-hydroxylation sites is 1. The van der Waals surface area contributed by atoms with Crippen LogP contribution in [0.2, 0.25) is 0 Å². The summed E-state index contributed by atoms with van der Waals surface area (Å²) in [6.07, 6.45) is -0.795. The summed E-state index contributed by atoms with van der Waals surface area (Å²) < 4.78 is 6.14. The number of aryl methyl sites for hydroxylation is 1. The Balaban J connectivity index is 1.67. The molecule has 8 heteroatoms. The summed E-state index contributed by atoms with van der Waals surface area (Å²) in [4.78, 5) is 51.7. The van der Waals surface area contributed by atoms with Crippen LogP contribution >= 0.6 is 0 Å². The summed E-state index contributed by atoms with van der Waals surface area (Å²) in [5.41, 5.74) is 5.29. The van der Waals surface area contributed by atoms with E-state index >= 15 is 0 Å². The molecule has 184 valence electrons. The molecule has 1 aromatic heterocycles. The van der Waals surface area contributed by atoms with E-state index in [2.05, 4.69) is 11.1 Å². The van der Waals surface area contributed by atoms with Crippen LogP contribution in [0.5, 0.6) is 0 Å². The third-order valence-corrected chi connectivity index (χ3v) is 6.90. The number of carbonyl (C=O) groups excluding carboxylic acids is 2. The van der Waals surface area contributed by atoms with Crippen molar-refractivity contribution in [1.82, 2.24) is 9.55 Å². The molecule has 0 radical (unpaired) electrons. The normalized spacial score (nSPS) is 16.4. The van der Waals surface area contributed by atoms with Gasteiger partial charge in [0, 0.05) is 17.7 Å². The lowest BCUT2D eigenvalue weighted by molar-refractivity contribution is -0.140. The molecule has 1 unspecified atom stereocenters. The largest absolute Gasteiger partial charge is 0.469 e. The highest BCUT2D eigenvalue weighted by Crippen LogP contribution is 2.39. The number of benzene rings is 3. The minimum atomic E-state index is -1.24. The number of amides is 1. The van der Waals surface area contributed by atoms with Crippen molar-refractivity contribution in [3.05, 3.63) is 105 Å². The van der Waals surface area contributed by atoms with Crippen molar-refractivity contribution in [3.63, 3.8) is 0 Å². The van der Waals surface area contributed by atoms with Crippen LogP contribution in [0.4, 0.5) is 5.69 Å². The molecule has 0 saturated heterocycles. The molecule has 3 heterocycles. The van der Waals surface area contributed by atoms with E-state index < -0.39 is 17.7 Å². The van der Waals surface area contributed by atoms with Gasteiger partial charge < -0.3 is 9.64 Å². The first-order valence-corrected chi connectivity index (χ1v) is 12.1. The number of hydrogen-bond donors (Lipinski definition) is 0. The van der Waals surface area contributed by atoms with E-state index in [0.717, 1.165) is 27.9 Å². The molecule has 0 saturated carbocycles. The Hall–Kier alpha value is -4.59. The number of rotatable bonds is 4. The summed E-state index contributed by atoms with van der Waals surface area (Å²) in [7, 11) is 1.28. The number of aromatic nitrogens is 2. The van der Waals surface area contributed by atoms with Crippen molar-refractivity contribution in [3.8, 4) is 0 Å². The van der Waals surface area contributed by atoms with Crippen LogP contribution in [-0.2, 0) is 27.2 Å². The Morgan fingerprint density at radius 2 is 1.81 bits per heavy atom. The van der Waals surface area contributed by atoms with Gasteiger partial charge in [-0.25, -0.2) is 9.98 Å². The van der Waals surface area contributed by atoms with E-state index in [1.807, 2.05) is 43.3 Å². The van der Waals surface area contributed by atoms with Gasteiger partial charge in [-0.05, 0) is 37.1 Å². The van der Waals surface area contributed by atoms with Gasteiger partial charge in [-0.3, -0.25) is 19.0 Å². The third-order valence-electron chi connectivity index (χ3n) is 6.90. The van der Waals surface area contributed by atoms with Gasteiger partial charge in [-0.1, -0.05) is 54.1 Å². The molecular formula is C29H24N4O4. The fraction of sp³-hybridized carbons (Fsp3) is 0.207. The molecule has 0 bridgehead atoms. The number of aliphatic imine (C=N–C) groups is 1. The van der Waals surface area contributed by atoms with Gasteiger partial charge in [-0.2, -0.15) is 0 Å². The highest BCUT2D eigenvalue weighted by molar-refractivity contribution is 6.20. The van der Waals surface area contributed by atoms with Gasteiger partial charge >= 0.3 is 5.97 Å². The highest BCUT2D eigenvalue weighted by Gasteiger charge is 2.39. The van der Waals surface area contributed by atoms with Crippen molar-refractivity contribution in [1.29, 1.82) is 0 Å². The lowest BCUT2D eigenvalue weighted by Crippen LogP contribution is -2.40. The van der Waals surface area contributed by atoms with Crippen molar-refractivity contribution in [2.45, 2.75) is 25.9 Å². The molecule has 1 amide bonds. The number of ether oxygens (including phenoxy) is 1. The predicted octanol–water partition coefficient (Wildman–Crippen LogP) is 3.36. The molecule has 0 N–H and O–H groups in total. The minimum Gasteiger partial charge on any atom is -0.469 e. The summed E-state index contributed by atoms with van der Waals surface area (Å²) >= 11 is 0. The molecule has 0 spiro atoms. The summed E-state index contributed by atoms with van der Waals surface area (Å²) in [6.45, 7) is 2.51. The molecule has 0 fully saturated rings. The molecule has 8 nitrogen and oxygen atoms in total. The highest BCUT2D eigenvalue weighted by atomic mass is 16.5. The molecule has 2 aliphatic rings. The fourth-order valence-electron chi connectivity index (χ4n) is 5.26. The summed E-state index contributed by atoms with van der Waals surface area (Å²) in [5.74, 6) is -0.765. The van der Waals surface area contributed by atoms with Gasteiger partial charge in [0.1, 0.15) is 12.2 Å². The first-order chi connectivity index (χ1) is 18.0. The van der Waals surface area contributed by atoms with Crippen LogP contribution in [0.15, 0.2) is 76.5 Å². The van der Waals surface area contributed by atoms with Crippen molar-refractivity contribution >= 4 is 34.2 Å². The summed E-state index contributed by atoms with van der Waals surface area (Å²) in [5, 5.41) is 0.347. The topological polar surface area (TPSA) is 93.9 Å². The number of methoxy groups -OCH3 is 1. The van der Waals surface area contributed by atoms with Crippen LogP contribution in [0.3, 0.4) is 0 Å². The maximum absolute atomic E-state index is 14.1.